The highest BCUT2D eigenvalue weighted by molar-refractivity contribution is 6.14. The highest BCUT2D eigenvalue weighted by Gasteiger charge is 2.48. The lowest BCUT2D eigenvalue weighted by Gasteiger charge is -2.46. The fraction of sp³-hybridized carbons (Fsp3) is 0.250. The van der Waals surface area contributed by atoms with Crippen LogP contribution in [0.2, 0.25) is 0 Å². The number of imidazole rings is 1. The molecule has 0 aliphatic carbocycles. The van der Waals surface area contributed by atoms with Crippen LogP contribution in [0.3, 0.4) is 0 Å². The molecule has 0 saturated carbocycles. The number of hydrogen-bond acceptors (Lipinski definition) is 1. The molecule has 6 rings (SSSR count). The van der Waals surface area contributed by atoms with E-state index in [9.17, 15) is 0 Å². The second-order valence-electron chi connectivity index (χ2n) is 9.78. The third-order valence-electron chi connectivity index (χ3n) is 7.80. The molecule has 148 valence electrons. The second-order valence-corrected chi connectivity index (χ2v) is 9.78. The summed E-state index contributed by atoms with van der Waals surface area (Å²) in [6.45, 7) is 11.8. The Kier molecular flexibility index (Phi) is 3.25. The fourth-order valence-corrected chi connectivity index (χ4v) is 5.49. The van der Waals surface area contributed by atoms with Crippen LogP contribution in [0.4, 0.5) is 0 Å². The number of pyridine rings is 1. The van der Waals surface area contributed by atoms with Crippen molar-refractivity contribution >= 4 is 27.3 Å². The summed E-state index contributed by atoms with van der Waals surface area (Å²) in [5.41, 5.74) is 8.63. The summed E-state index contributed by atoms with van der Waals surface area (Å²) < 4.78 is 2.48. The van der Waals surface area contributed by atoms with Gasteiger partial charge in [0.15, 0.2) is 0 Å². The molecular weight excluding hydrogens is 364 g/mol. The third-order valence-corrected chi connectivity index (χ3v) is 7.80. The average molecular weight is 391 g/mol. The van der Waals surface area contributed by atoms with E-state index in [-0.39, 0.29) is 10.8 Å². The van der Waals surface area contributed by atoms with Gasteiger partial charge in [0.05, 0.1) is 16.9 Å². The molecule has 0 spiro atoms. The highest BCUT2D eigenvalue weighted by atomic mass is 15.1. The number of benzene rings is 3. The second kappa shape index (κ2) is 5.51. The Morgan fingerprint density at radius 2 is 1.40 bits per heavy atom. The molecule has 1 aliphatic heterocycles. The van der Waals surface area contributed by atoms with Gasteiger partial charge in [0, 0.05) is 27.2 Å². The first-order valence-corrected chi connectivity index (χ1v) is 10.8. The topological polar surface area (TPSA) is 17.3 Å². The highest BCUT2D eigenvalue weighted by Crippen LogP contribution is 2.53. The summed E-state index contributed by atoms with van der Waals surface area (Å²) >= 11 is 0. The van der Waals surface area contributed by atoms with Gasteiger partial charge >= 0.3 is 0 Å². The van der Waals surface area contributed by atoms with E-state index in [1.807, 2.05) is 0 Å². The van der Waals surface area contributed by atoms with Crippen LogP contribution in [0, 0.1) is 6.92 Å². The maximum Gasteiger partial charge on any atom is 0.146 e. The van der Waals surface area contributed by atoms with Gasteiger partial charge in [-0.15, -0.1) is 0 Å². The zero-order valence-corrected chi connectivity index (χ0v) is 18.2. The minimum absolute atomic E-state index is 0.0338. The number of rotatable bonds is 1. The molecule has 0 unspecified atom stereocenters. The fourth-order valence-electron chi connectivity index (χ4n) is 5.49. The minimum Gasteiger partial charge on any atom is -0.295 e. The van der Waals surface area contributed by atoms with Gasteiger partial charge in [0.1, 0.15) is 5.65 Å². The predicted octanol–water partition coefficient (Wildman–Crippen LogP) is 7.18. The molecule has 0 fully saturated rings. The van der Waals surface area contributed by atoms with Crippen molar-refractivity contribution in [2.75, 3.05) is 0 Å². The zero-order valence-electron chi connectivity index (χ0n) is 18.2. The molecule has 3 heterocycles. The Morgan fingerprint density at radius 1 is 0.733 bits per heavy atom. The molecule has 2 heteroatoms. The minimum atomic E-state index is -0.0881. The quantitative estimate of drug-likeness (QED) is 0.277. The average Bonchev–Trinajstić information content (AvgIpc) is 3.15. The van der Waals surface area contributed by atoms with Gasteiger partial charge in [0.25, 0.3) is 0 Å². The van der Waals surface area contributed by atoms with Gasteiger partial charge < -0.3 is 0 Å². The number of aryl methyl sites for hydroxylation is 1. The van der Waals surface area contributed by atoms with Crippen LogP contribution in [0.1, 0.15) is 44.5 Å². The largest absolute Gasteiger partial charge is 0.295 e. The van der Waals surface area contributed by atoms with Crippen molar-refractivity contribution in [2.24, 2.45) is 0 Å². The number of hydrogen-bond donors (Lipinski definition) is 0. The van der Waals surface area contributed by atoms with E-state index in [0.717, 1.165) is 11.3 Å². The molecule has 2 aromatic heterocycles. The first-order chi connectivity index (χ1) is 14.3. The lowest BCUT2D eigenvalue weighted by molar-refractivity contribution is 0.289. The molecule has 0 bridgehead atoms. The standard InChI is InChI=1S/C28H26N2/c1-17-15-16-21-24-22(17)19-13-9-10-14-20(19)26-29-23(18-11-7-6-8-12-18)25(30(24)26)28(4,5)27(21,2)3/h6-16H,1-5H3. The summed E-state index contributed by atoms with van der Waals surface area (Å²) in [7, 11) is 0. The predicted molar refractivity (Wildman–Crippen MR) is 126 cm³/mol. The maximum absolute atomic E-state index is 5.32. The van der Waals surface area contributed by atoms with Crippen LogP contribution >= 0.6 is 0 Å². The lowest BCUT2D eigenvalue weighted by Crippen LogP contribution is -2.44. The number of fused-ring (bicyclic) bond motifs is 3. The Balaban J connectivity index is 1.99. The lowest BCUT2D eigenvalue weighted by atomic mass is 9.60. The molecule has 0 saturated heterocycles. The molecule has 0 N–H and O–H groups in total. The van der Waals surface area contributed by atoms with Crippen molar-refractivity contribution in [2.45, 2.75) is 45.4 Å². The monoisotopic (exact) mass is 390 g/mol. The van der Waals surface area contributed by atoms with Crippen molar-refractivity contribution in [3.63, 3.8) is 0 Å². The van der Waals surface area contributed by atoms with Crippen LogP contribution in [-0.4, -0.2) is 9.38 Å². The van der Waals surface area contributed by atoms with Gasteiger partial charge in [-0.2, -0.15) is 0 Å². The molecular formula is C28H26N2. The molecule has 30 heavy (non-hydrogen) atoms. The summed E-state index contributed by atoms with van der Waals surface area (Å²) in [5.74, 6) is 0. The summed E-state index contributed by atoms with van der Waals surface area (Å²) in [6, 6.07) is 24.1. The van der Waals surface area contributed by atoms with E-state index in [4.69, 9.17) is 4.98 Å². The SMILES string of the molecule is Cc1ccc2c3c1c1ccccc1c1nc(-c4ccccc4)c(n13)C(C)(C)C2(C)C. The molecule has 1 aliphatic rings. The molecule has 0 atom stereocenters. The van der Waals surface area contributed by atoms with Gasteiger partial charge in [-0.1, -0.05) is 94.4 Å². The van der Waals surface area contributed by atoms with E-state index in [1.165, 1.54) is 44.1 Å². The van der Waals surface area contributed by atoms with Crippen molar-refractivity contribution < 1.29 is 0 Å². The molecule has 0 amide bonds. The normalized spacial score (nSPS) is 16.7. The number of nitrogens with zero attached hydrogens (tertiary/aromatic N) is 2. The van der Waals surface area contributed by atoms with Gasteiger partial charge in [-0.05, 0) is 23.4 Å². The van der Waals surface area contributed by atoms with Crippen LogP contribution in [0.25, 0.3) is 38.6 Å². The van der Waals surface area contributed by atoms with E-state index in [2.05, 4.69) is 106 Å². The smallest absolute Gasteiger partial charge is 0.146 e. The molecule has 2 nitrogen and oxygen atoms in total. The third kappa shape index (κ3) is 1.92. The van der Waals surface area contributed by atoms with E-state index in [1.54, 1.807) is 0 Å². The maximum atomic E-state index is 5.32. The molecule has 0 radical (unpaired) electrons. The van der Waals surface area contributed by atoms with Crippen molar-refractivity contribution in [3.05, 3.63) is 83.6 Å². The van der Waals surface area contributed by atoms with E-state index >= 15 is 0 Å². The van der Waals surface area contributed by atoms with E-state index < -0.39 is 0 Å². The van der Waals surface area contributed by atoms with Crippen molar-refractivity contribution in [3.8, 4) is 11.3 Å². The van der Waals surface area contributed by atoms with Crippen molar-refractivity contribution in [1.29, 1.82) is 0 Å². The molecule has 5 aromatic rings. The summed E-state index contributed by atoms with van der Waals surface area (Å²) in [4.78, 5) is 5.32. The first-order valence-electron chi connectivity index (χ1n) is 10.8. The van der Waals surface area contributed by atoms with Gasteiger partial charge in [-0.3, -0.25) is 4.40 Å². The number of aromatic nitrogens is 2. The molecule has 3 aromatic carbocycles. The van der Waals surface area contributed by atoms with Crippen LogP contribution in [0.15, 0.2) is 66.7 Å². The van der Waals surface area contributed by atoms with Crippen LogP contribution < -0.4 is 0 Å². The van der Waals surface area contributed by atoms with Gasteiger partial charge in [-0.25, -0.2) is 4.98 Å². The van der Waals surface area contributed by atoms with Crippen molar-refractivity contribution in [1.82, 2.24) is 9.38 Å². The summed E-state index contributed by atoms with van der Waals surface area (Å²) in [5, 5.41) is 3.88. The summed E-state index contributed by atoms with van der Waals surface area (Å²) in [6.07, 6.45) is 0. The van der Waals surface area contributed by atoms with Crippen LogP contribution in [0.5, 0.6) is 0 Å². The Labute approximate surface area is 177 Å². The van der Waals surface area contributed by atoms with E-state index in [0.29, 0.717) is 0 Å². The Morgan fingerprint density at radius 3 is 2.13 bits per heavy atom. The van der Waals surface area contributed by atoms with Crippen LogP contribution in [-0.2, 0) is 10.8 Å². The van der Waals surface area contributed by atoms with Gasteiger partial charge in [0.2, 0.25) is 0 Å². The first kappa shape index (κ1) is 17.7. The Hall–Kier alpha value is -3.13. The Bertz CT molecular complexity index is 1480. The zero-order chi connectivity index (χ0) is 20.8.